The van der Waals surface area contributed by atoms with E-state index < -0.39 is 11.6 Å². The molecule has 0 bridgehead atoms. The average Bonchev–Trinajstić information content (AvgIpc) is 2.85. The first-order chi connectivity index (χ1) is 16.9. The van der Waals surface area contributed by atoms with E-state index in [1.165, 1.54) is 5.56 Å². The number of rotatable bonds is 9. The van der Waals surface area contributed by atoms with E-state index >= 15 is 0 Å². The van der Waals surface area contributed by atoms with Crippen LogP contribution in [0.25, 0.3) is 0 Å². The van der Waals surface area contributed by atoms with Crippen LogP contribution in [0.4, 0.5) is 0 Å². The van der Waals surface area contributed by atoms with Gasteiger partial charge in [-0.15, -0.1) is 0 Å². The van der Waals surface area contributed by atoms with Crippen molar-refractivity contribution in [1.29, 1.82) is 0 Å². The number of piperidine rings is 1. The summed E-state index contributed by atoms with van der Waals surface area (Å²) in [7, 11) is 1.63. The van der Waals surface area contributed by atoms with E-state index in [-0.39, 0.29) is 11.8 Å². The van der Waals surface area contributed by atoms with Gasteiger partial charge in [0.05, 0.1) is 6.61 Å². The normalized spacial score (nSPS) is 20.3. The predicted octanol–water partition coefficient (Wildman–Crippen LogP) is 3.83. The van der Waals surface area contributed by atoms with Crippen molar-refractivity contribution in [3.05, 3.63) is 60.2 Å². The van der Waals surface area contributed by atoms with Crippen LogP contribution in [0.5, 0.6) is 11.5 Å². The van der Waals surface area contributed by atoms with Crippen LogP contribution in [-0.2, 0) is 20.9 Å². The van der Waals surface area contributed by atoms with Crippen LogP contribution in [-0.4, -0.2) is 66.5 Å². The summed E-state index contributed by atoms with van der Waals surface area (Å²) in [5, 5.41) is 3.05. The molecule has 1 unspecified atom stereocenters. The molecule has 2 fully saturated rings. The van der Waals surface area contributed by atoms with Gasteiger partial charge in [-0.1, -0.05) is 44.2 Å². The number of carbonyl (C=O) groups is 2. The Hall–Kier alpha value is -2.90. The quantitative estimate of drug-likeness (QED) is 0.592. The highest BCUT2D eigenvalue weighted by Crippen LogP contribution is 2.34. The Morgan fingerprint density at radius 3 is 2.29 bits per heavy atom. The van der Waals surface area contributed by atoms with Crippen molar-refractivity contribution in [2.24, 2.45) is 5.92 Å². The van der Waals surface area contributed by atoms with Crippen molar-refractivity contribution >= 4 is 11.8 Å². The Morgan fingerprint density at radius 2 is 1.66 bits per heavy atom. The number of benzene rings is 2. The van der Waals surface area contributed by atoms with E-state index in [0.717, 1.165) is 31.1 Å². The molecule has 1 spiro atoms. The number of para-hydroxylation sites is 1. The zero-order chi connectivity index (χ0) is 24.8. The maximum Gasteiger partial charge on any atom is 0.246 e. The molecule has 2 aromatic rings. The predicted molar refractivity (Wildman–Crippen MR) is 135 cm³/mol. The molecule has 7 heteroatoms. The lowest BCUT2D eigenvalue weighted by atomic mass is 9.81. The highest BCUT2D eigenvalue weighted by Gasteiger charge is 2.53. The number of amides is 2. The molecule has 2 aromatic carbocycles. The standard InChI is InChI=1S/C28H37N3O4/c1-21(2)19-25-26(32)31(17-18-34-3)28(27(33)29-25)13-15-30(16-14-28)20-22-9-11-24(12-10-22)35-23-7-5-4-6-8-23/h4-12,21,25H,13-20H2,1-3H3,(H,29,33). The maximum atomic E-state index is 13.4. The highest BCUT2D eigenvalue weighted by atomic mass is 16.5. The summed E-state index contributed by atoms with van der Waals surface area (Å²) in [6, 6.07) is 17.4. The molecule has 35 heavy (non-hydrogen) atoms. The van der Waals surface area contributed by atoms with Crippen molar-refractivity contribution in [2.75, 3.05) is 33.4 Å². The van der Waals surface area contributed by atoms with E-state index in [4.69, 9.17) is 9.47 Å². The summed E-state index contributed by atoms with van der Waals surface area (Å²) in [5.41, 5.74) is 0.409. The van der Waals surface area contributed by atoms with Crippen LogP contribution >= 0.6 is 0 Å². The minimum atomic E-state index is -0.785. The zero-order valence-electron chi connectivity index (χ0n) is 21.0. The smallest absolute Gasteiger partial charge is 0.246 e. The van der Waals surface area contributed by atoms with Gasteiger partial charge in [0.2, 0.25) is 11.8 Å². The van der Waals surface area contributed by atoms with Gasteiger partial charge in [0.15, 0.2) is 0 Å². The molecule has 0 aromatic heterocycles. The molecule has 0 saturated carbocycles. The molecule has 4 rings (SSSR count). The van der Waals surface area contributed by atoms with Crippen LogP contribution in [0.1, 0.15) is 38.7 Å². The van der Waals surface area contributed by atoms with Crippen LogP contribution in [0.15, 0.2) is 54.6 Å². The lowest BCUT2D eigenvalue weighted by molar-refractivity contribution is -0.162. The molecule has 0 radical (unpaired) electrons. The van der Waals surface area contributed by atoms with Crippen molar-refractivity contribution in [3.63, 3.8) is 0 Å². The van der Waals surface area contributed by atoms with Crippen LogP contribution in [0, 0.1) is 5.92 Å². The number of methoxy groups -OCH3 is 1. The Morgan fingerprint density at radius 1 is 1.00 bits per heavy atom. The summed E-state index contributed by atoms with van der Waals surface area (Å²) in [6.45, 7) is 7.31. The largest absolute Gasteiger partial charge is 0.457 e. The highest BCUT2D eigenvalue weighted by molar-refractivity contribution is 6.00. The number of likely N-dealkylation sites (tertiary alicyclic amines) is 1. The van der Waals surface area contributed by atoms with E-state index in [1.54, 1.807) is 7.11 Å². The van der Waals surface area contributed by atoms with Crippen LogP contribution < -0.4 is 10.1 Å². The molecule has 188 valence electrons. The number of piperazine rings is 1. The Kier molecular flexibility index (Phi) is 8.08. The number of hydrogen-bond donors (Lipinski definition) is 1. The van der Waals surface area contributed by atoms with Gasteiger partial charge in [0, 0.05) is 33.3 Å². The van der Waals surface area contributed by atoms with Gasteiger partial charge in [-0.2, -0.15) is 0 Å². The molecule has 2 aliphatic rings. The summed E-state index contributed by atoms with van der Waals surface area (Å²) < 4.78 is 11.2. The summed E-state index contributed by atoms with van der Waals surface area (Å²) in [4.78, 5) is 30.9. The van der Waals surface area contributed by atoms with Gasteiger partial charge in [-0.05, 0) is 55.0 Å². The number of carbonyl (C=O) groups excluding carboxylic acids is 2. The molecule has 1 atom stereocenters. The monoisotopic (exact) mass is 479 g/mol. The molecule has 7 nitrogen and oxygen atoms in total. The third kappa shape index (κ3) is 5.85. The lowest BCUT2D eigenvalue weighted by Crippen LogP contribution is -2.73. The Bertz CT molecular complexity index is 985. The topological polar surface area (TPSA) is 71.1 Å². The van der Waals surface area contributed by atoms with Crippen molar-refractivity contribution in [2.45, 2.75) is 51.2 Å². The van der Waals surface area contributed by atoms with Gasteiger partial charge in [0.1, 0.15) is 23.1 Å². The third-order valence-corrected chi connectivity index (χ3v) is 7.03. The second-order valence-electron chi connectivity index (χ2n) is 10.0. The average molecular weight is 480 g/mol. The maximum absolute atomic E-state index is 13.4. The first-order valence-corrected chi connectivity index (χ1v) is 12.6. The molecular formula is C28H37N3O4. The third-order valence-electron chi connectivity index (χ3n) is 7.03. The van der Waals surface area contributed by atoms with E-state index in [1.807, 2.05) is 47.4 Å². The van der Waals surface area contributed by atoms with Gasteiger partial charge in [-0.3, -0.25) is 14.5 Å². The number of ether oxygens (including phenoxy) is 2. The van der Waals surface area contributed by atoms with Crippen molar-refractivity contribution < 1.29 is 19.1 Å². The summed E-state index contributed by atoms with van der Waals surface area (Å²) in [5.74, 6) is 1.96. The van der Waals surface area contributed by atoms with E-state index in [9.17, 15) is 9.59 Å². The fourth-order valence-electron chi connectivity index (χ4n) is 5.14. The first kappa shape index (κ1) is 25.2. The second kappa shape index (κ2) is 11.2. The minimum absolute atomic E-state index is 0.0130. The Labute approximate surface area is 208 Å². The number of hydrogen-bond acceptors (Lipinski definition) is 5. The lowest BCUT2D eigenvalue weighted by Gasteiger charge is -2.51. The van der Waals surface area contributed by atoms with Gasteiger partial charge < -0.3 is 19.7 Å². The molecule has 2 amide bonds. The van der Waals surface area contributed by atoms with Gasteiger partial charge in [0.25, 0.3) is 0 Å². The number of nitrogens with zero attached hydrogens (tertiary/aromatic N) is 2. The fourth-order valence-corrected chi connectivity index (χ4v) is 5.14. The van der Waals surface area contributed by atoms with Crippen LogP contribution in [0.3, 0.4) is 0 Å². The SMILES string of the molecule is COCCN1C(=O)C(CC(C)C)NC(=O)C12CCN(Cc1ccc(Oc3ccccc3)cc1)CC2. The molecule has 0 aliphatic carbocycles. The summed E-state index contributed by atoms with van der Waals surface area (Å²) >= 11 is 0. The first-order valence-electron chi connectivity index (χ1n) is 12.6. The molecule has 2 heterocycles. The van der Waals surface area contributed by atoms with Crippen molar-refractivity contribution in [3.8, 4) is 11.5 Å². The van der Waals surface area contributed by atoms with Gasteiger partial charge in [-0.25, -0.2) is 0 Å². The van der Waals surface area contributed by atoms with E-state index in [0.29, 0.717) is 38.3 Å². The molecule has 2 aliphatic heterocycles. The second-order valence-corrected chi connectivity index (χ2v) is 10.0. The van der Waals surface area contributed by atoms with Gasteiger partial charge >= 0.3 is 0 Å². The summed E-state index contributed by atoms with van der Waals surface area (Å²) in [6.07, 6.45) is 1.90. The molecule has 1 N–H and O–H groups in total. The van der Waals surface area contributed by atoms with E-state index in [2.05, 4.69) is 36.2 Å². The zero-order valence-corrected chi connectivity index (χ0v) is 21.0. The fraction of sp³-hybridized carbons (Fsp3) is 0.500. The van der Waals surface area contributed by atoms with Crippen LogP contribution in [0.2, 0.25) is 0 Å². The Balaban J connectivity index is 1.38. The minimum Gasteiger partial charge on any atom is -0.457 e. The van der Waals surface area contributed by atoms with Crippen molar-refractivity contribution in [1.82, 2.24) is 15.1 Å². The molecule has 2 saturated heterocycles. The molecular weight excluding hydrogens is 442 g/mol. The number of nitrogens with one attached hydrogen (secondary N) is 1.